The largest absolute Gasteiger partial charge is 0.368 e. The number of thiocarbonyl (C=S) groups is 1. The van der Waals surface area contributed by atoms with E-state index in [9.17, 15) is 0 Å². The summed E-state index contributed by atoms with van der Waals surface area (Å²) in [7, 11) is 4.30. The van der Waals surface area contributed by atoms with Crippen LogP contribution in [0.2, 0.25) is 5.02 Å². The molecule has 0 bridgehead atoms. The summed E-state index contributed by atoms with van der Waals surface area (Å²) in [6.07, 6.45) is 0. The van der Waals surface area contributed by atoms with E-state index in [4.69, 9.17) is 23.8 Å². The molecule has 0 spiro atoms. The van der Waals surface area contributed by atoms with Crippen LogP contribution in [0.25, 0.3) is 0 Å². The number of hydrogen-bond acceptors (Lipinski definition) is 2. The van der Waals surface area contributed by atoms with E-state index < -0.39 is 0 Å². The number of nitrogens with zero attached hydrogens (tertiary/aromatic N) is 2. The standard InChI is InChI=1S/C16H25ClN4S/c1-13-4-5-14(17)12-15(13)20-8-10-21(11-9-20)16(22)18-6-7-19(2)3/h4-5,12H,6-11H2,1-3H3,(H,18,22)/p+1. The van der Waals surface area contributed by atoms with Crippen LogP contribution < -0.4 is 15.1 Å². The summed E-state index contributed by atoms with van der Waals surface area (Å²) in [6, 6.07) is 6.09. The van der Waals surface area contributed by atoms with Gasteiger partial charge in [0.25, 0.3) is 0 Å². The van der Waals surface area contributed by atoms with Crippen LogP contribution in [-0.2, 0) is 0 Å². The van der Waals surface area contributed by atoms with E-state index >= 15 is 0 Å². The van der Waals surface area contributed by atoms with E-state index in [-0.39, 0.29) is 0 Å². The van der Waals surface area contributed by atoms with Crippen molar-refractivity contribution in [3.05, 3.63) is 28.8 Å². The number of nitrogens with one attached hydrogen (secondary N) is 2. The number of anilines is 1. The van der Waals surface area contributed by atoms with E-state index in [1.165, 1.54) is 16.2 Å². The molecular formula is C16H26ClN4S+. The second-order valence-electron chi connectivity index (χ2n) is 6.09. The predicted octanol–water partition coefficient (Wildman–Crippen LogP) is 0.789. The van der Waals surface area contributed by atoms with Crippen molar-refractivity contribution in [1.29, 1.82) is 0 Å². The van der Waals surface area contributed by atoms with Crippen LogP contribution in [0.4, 0.5) is 5.69 Å². The highest BCUT2D eigenvalue weighted by atomic mass is 35.5. The van der Waals surface area contributed by atoms with Crippen molar-refractivity contribution in [2.45, 2.75) is 6.92 Å². The van der Waals surface area contributed by atoms with Gasteiger partial charge in [0.05, 0.1) is 27.2 Å². The first-order chi connectivity index (χ1) is 10.5. The Balaban J connectivity index is 1.85. The number of aryl methyl sites for hydroxylation is 1. The summed E-state index contributed by atoms with van der Waals surface area (Å²) in [5.74, 6) is 0. The fraction of sp³-hybridized carbons (Fsp3) is 0.562. The van der Waals surface area contributed by atoms with Gasteiger partial charge in [-0.2, -0.15) is 0 Å². The van der Waals surface area contributed by atoms with Crippen molar-refractivity contribution in [1.82, 2.24) is 10.2 Å². The molecule has 0 saturated carbocycles. The lowest BCUT2D eigenvalue weighted by Crippen LogP contribution is -3.06. The number of piperazine rings is 1. The van der Waals surface area contributed by atoms with E-state index in [0.29, 0.717) is 0 Å². The zero-order chi connectivity index (χ0) is 16.1. The molecule has 6 heteroatoms. The lowest BCUT2D eigenvalue weighted by atomic mass is 10.1. The van der Waals surface area contributed by atoms with Gasteiger partial charge in [-0.15, -0.1) is 0 Å². The highest BCUT2D eigenvalue weighted by Crippen LogP contribution is 2.25. The van der Waals surface area contributed by atoms with Gasteiger partial charge < -0.3 is 20.0 Å². The predicted molar refractivity (Wildman–Crippen MR) is 98.3 cm³/mol. The van der Waals surface area contributed by atoms with Gasteiger partial charge in [0.15, 0.2) is 5.11 Å². The molecule has 4 nitrogen and oxygen atoms in total. The summed E-state index contributed by atoms with van der Waals surface area (Å²) in [5, 5.41) is 5.03. The molecule has 1 saturated heterocycles. The van der Waals surface area contributed by atoms with Gasteiger partial charge in [0.2, 0.25) is 0 Å². The normalized spacial score (nSPS) is 15.3. The number of rotatable bonds is 4. The smallest absolute Gasteiger partial charge is 0.169 e. The van der Waals surface area contributed by atoms with Crippen LogP contribution in [-0.4, -0.2) is 63.4 Å². The minimum absolute atomic E-state index is 0.798. The average molecular weight is 342 g/mol. The third-order valence-corrected chi connectivity index (χ3v) is 4.62. The number of quaternary nitrogens is 1. The Kier molecular flexibility index (Phi) is 6.29. The Hall–Kier alpha value is -1.04. The second-order valence-corrected chi connectivity index (χ2v) is 6.92. The van der Waals surface area contributed by atoms with Crippen molar-refractivity contribution in [2.75, 3.05) is 58.3 Å². The zero-order valence-corrected chi connectivity index (χ0v) is 15.2. The number of hydrogen-bond donors (Lipinski definition) is 2. The Labute approximate surface area is 144 Å². The summed E-state index contributed by atoms with van der Waals surface area (Å²) in [5.41, 5.74) is 2.51. The van der Waals surface area contributed by atoms with Gasteiger partial charge >= 0.3 is 0 Å². The maximum atomic E-state index is 6.13. The van der Waals surface area contributed by atoms with E-state index in [2.05, 4.69) is 48.3 Å². The first-order valence-corrected chi connectivity index (χ1v) is 8.59. The van der Waals surface area contributed by atoms with Crippen molar-refractivity contribution in [3.63, 3.8) is 0 Å². The SMILES string of the molecule is Cc1ccc(Cl)cc1N1CCN(C(=S)NCC[NH+](C)C)CC1. The van der Waals surface area contributed by atoms with Gasteiger partial charge in [-0.1, -0.05) is 17.7 Å². The van der Waals surface area contributed by atoms with Gasteiger partial charge in [-0.25, -0.2) is 0 Å². The van der Waals surface area contributed by atoms with Gasteiger partial charge in [-0.3, -0.25) is 0 Å². The molecule has 1 fully saturated rings. The first kappa shape index (κ1) is 17.3. The molecular weight excluding hydrogens is 316 g/mol. The third kappa shape index (κ3) is 4.73. The first-order valence-electron chi connectivity index (χ1n) is 7.80. The van der Waals surface area contributed by atoms with Crippen LogP contribution in [0, 0.1) is 6.92 Å². The highest BCUT2D eigenvalue weighted by molar-refractivity contribution is 7.80. The van der Waals surface area contributed by atoms with Crippen LogP contribution in [0.1, 0.15) is 5.56 Å². The molecule has 0 aliphatic carbocycles. The zero-order valence-electron chi connectivity index (χ0n) is 13.7. The molecule has 2 N–H and O–H groups in total. The Bertz CT molecular complexity index is 513. The summed E-state index contributed by atoms with van der Waals surface area (Å²) < 4.78 is 0. The number of benzene rings is 1. The molecule has 122 valence electrons. The summed E-state index contributed by atoms with van der Waals surface area (Å²) >= 11 is 11.6. The fourth-order valence-corrected chi connectivity index (χ4v) is 3.06. The maximum Gasteiger partial charge on any atom is 0.169 e. The Morgan fingerprint density at radius 1 is 1.27 bits per heavy atom. The molecule has 0 unspecified atom stereocenters. The third-order valence-electron chi connectivity index (χ3n) is 3.98. The van der Waals surface area contributed by atoms with Crippen molar-refractivity contribution >= 4 is 34.6 Å². The molecule has 0 atom stereocenters. The topological polar surface area (TPSA) is 22.9 Å². The van der Waals surface area contributed by atoms with E-state index in [1.807, 2.05) is 6.07 Å². The molecule has 1 heterocycles. The molecule has 1 aliphatic rings. The minimum Gasteiger partial charge on any atom is -0.368 e. The Morgan fingerprint density at radius 2 is 1.95 bits per heavy atom. The van der Waals surface area contributed by atoms with Crippen LogP contribution in [0.15, 0.2) is 18.2 Å². The Morgan fingerprint density at radius 3 is 2.59 bits per heavy atom. The highest BCUT2D eigenvalue weighted by Gasteiger charge is 2.20. The molecule has 2 rings (SSSR count). The molecule has 0 amide bonds. The van der Waals surface area contributed by atoms with Crippen molar-refractivity contribution in [2.24, 2.45) is 0 Å². The molecule has 1 aliphatic heterocycles. The van der Waals surface area contributed by atoms with E-state index in [1.54, 1.807) is 0 Å². The molecule has 1 aromatic rings. The molecule has 0 radical (unpaired) electrons. The number of halogens is 1. The number of likely N-dealkylation sites (N-methyl/N-ethyl adjacent to an activating group) is 1. The van der Waals surface area contributed by atoms with Gasteiger partial charge in [0.1, 0.15) is 0 Å². The maximum absolute atomic E-state index is 6.13. The average Bonchev–Trinajstić information content (AvgIpc) is 2.49. The summed E-state index contributed by atoms with van der Waals surface area (Å²) in [6.45, 7) is 7.98. The second kappa shape index (κ2) is 7.99. The van der Waals surface area contributed by atoms with Crippen LogP contribution >= 0.6 is 23.8 Å². The van der Waals surface area contributed by atoms with Gasteiger partial charge in [0, 0.05) is 36.9 Å². The lowest BCUT2D eigenvalue weighted by molar-refractivity contribution is -0.856. The van der Waals surface area contributed by atoms with Crippen LogP contribution in [0.5, 0.6) is 0 Å². The van der Waals surface area contributed by atoms with Crippen molar-refractivity contribution < 1.29 is 4.90 Å². The quantitative estimate of drug-likeness (QED) is 0.790. The lowest BCUT2D eigenvalue weighted by Gasteiger charge is -2.38. The molecule has 0 aromatic heterocycles. The molecule has 22 heavy (non-hydrogen) atoms. The monoisotopic (exact) mass is 341 g/mol. The van der Waals surface area contributed by atoms with Crippen LogP contribution in [0.3, 0.4) is 0 Å². The molecule has 1 aromatic carbocycles. The fourth-order valence-electron chi connectivity index (χ4n) is 2.60. The summed E-state index contributed by atoms with van der Waals surface area (Å²) in [4.78, 5) is 6.08. The van der Waals surface area contributed by atoms with E-state index in [0.717, 1.165) is 49.4 Å². The minimum atomic E-state index is 0.798. The van der Waals surface area contributed by atoms with Gasteiger partial charge in [-0.05, 0) is 36.8 Å². The van der Waals surface area contributed by atoms with Crippen molar-refractivity contribution in [3.8, 4) is 0 Å².